The largest absolute Gasteiger partial charge is 0.478 e. The van der Waals surface area contributed by atoms with E-state index in [1.165, 1.54) is 24.3 Å². The van der Waals surface area contributed by atoms with Crippen LogP contribution < -0.4 is 5.73 Å². The Balaban J connectivity index is 2.10. The van der Waals surface area contributed by atoms with E-state index in [0.29, 0.717) is 22.6 Å². The van der Waals surface area contributed by atoms with Gasteiger partial charge in [0, 0.05) is 11.8 Å². The summed E-state index contributed by atoms with van der Waals surface area (Å²) < 4.78 is 24.9. The summed E-state index contributed by atoms with van der Waals surface area (Å²) in [6.45, 7) is 0. The fourth-order valence-electron chi connectivity index (χ4n) is 2.72. The molecule has 0 aliphatic carbocycles. The number of amides is 1. The van der Waals surface area contributed by atoms with Gasteiger partial charge in [-0.1, -0.05) is 12.1 Å². The van der Waals surface area contributed by atoms with E-state index in [2.05, 4.69) is 5.10 Å². The molecule has 144 valence electrons. The Kier molecular flexibility index (Phi) is 5.02. The molecule has 0 radical (unpaired) electrons. The predicted octanol–water partition coefficient (Wildman–Crippen LogP) is 1.67. The van der Waals surface area contributed by atoms with E-state index >= 15 is 0 Å². The molecule has 0 atom stereocenters. The number of nitrogens with two attached hydrogens (primary N) is 1. The summed E-state index contributed by atoms with van der Waals surface area (Å²) in [6, 6.07) is 14.0. The zero-order valence-electron chi connectivity index (χ0n) is 14.9. The van der Waals surface area contributed by atoms with Crippen molar-refractivity contribution >= 4 is 21.7 Å². The summed E-state index contributed by atoms with van der Waals surface area (Å²) in [5, 5.41) is 13.4. The quantitative estimate of drug-likeness (QED) is 0.648. The molecule has 0 saturated heterocycles. The normalized spacial score (nSPS) is 11.3. The predicted molar refractivity (Wildman–Crippen MR) is 102 cm³/mol. The van der Waals surface area contributed by atoms with Crippen molar-refractivity contribution in [2.45, 2.75) is 11.3 Å². The second kappa shape index (κ2) is 7.28. The molecule has 28 heavy (non-hydrogen) atoms. The molecule has 0 aliphatic heterocycles. The number of benzene rings is 2. The minimum absolute atomic E-state index is 0.0609. The minimum atomic E-state index is -3.33. The van der Waals surface area contributed by atoms with Gasteiger partial charge in [-0.3, -0.25) is 4.79 Å². The van der Waals surface area contributed by atoms with Crippen LogP contribution in [0.2, 0.25) is 0 Å². The Morgan fingerprint density at radius 3 is 2.18 bits per heavy atom. The van der Waals surface area contributed by atoms with Gasteiger partial charge in [-0.2, -0.15) is 5.10 Å². The van der Waals surface area contributed by atoms with E-state index < -0.39 is 21.7 Å². The molecule has 0 bridgehead atoms. The lowest BCUT2D eigenvalue weighted by Crippen LogP contribution is -2.14. The van der Waals surface area contributed by atoms with Crippen LogP contribution in [0.1, 0.15) is 16.1 Å². The third kappa shape index (κ3) is 4.09. The second-order valence-corrected chi connectivity index (χ2v) is 8.24. The van der Waals surface area contributed by atoms with Gasteiger partial charge in [0.2, 0.25) is 5.91 Å². The highest BCUT2D eigenvalue weighted by molar-refractivity contribution is 7.90. The van der Waals surface area contributed by atoms with E-state index in [1.54, 1.807) is 35.0 Å². The first kappa shape index (κ1) is 19.3. The van der Waals surface area contributed by atoms with Gasteiger partial charge in [0.15, 0.2) is 9.84 Å². The van der Waals surface area contributed by atoms with E-state index in [4.69, 9.17) is 10.8 Å². The minimum Gasteiger partial charge on any atom is -0.478 e. The molecule has 8 nitrogen and oxygen atoms in total. The molecule has 3 rings (SSSR count). The fraction of sp³-hybridized carbons (Fsp3) is 0.105. The monoisotopic (exact) mass is 399 g/mol. The van der Waals surface area contributed by atoms with Crippen molar-refractivity contribution in [3.05, 3.63) is 65.9 Å². The van der Waals surface area contributed by atoms with Crippen molar-refractivity contribution in [1.29, 1.82) is 0 Å². The number of rotatable bonds is 6. The molecule has 0 saturated carbocycles. The Labute approximate surface area is 161 Å². The van der Waals surface area contributed by atoms with Gasteiger partial charge >= 0.3 is 5.97 Å². The van der Waals surface area contributed by atoms with Crippen molar-refractivity contribution in [3.63, 3.8) is 0 Å². The lowest BCUT2D eigenvalue weighted by atomic mass is 10.1. The topological polar surface area (TPSA) is 132 Å². The molecule has 2 aromatic carbocycles. The molecule has 0 fully saturated rings. The first-order chi connectivity index (χ1) is 13.1. The van der Waals surface area contributed by atoms with Crippen molar-refractivity contribution in [2.24, 2.45) is 5.73 Å². The lowest BCUT2D eigenvalue weighted by molar-refractivity contribution is -0.117. The number of carbonyl (C=O) groups is 2. The van der Waals surface area contributed by atoms with Crippen LogP contribution in [0.15, 0.2) is 59.5 Å². The molecular weight excluding hydrogens is 382 g/mol. The Bertz CT molecular complexity index is 1150. The van der Waals surface area contributed by atoms with Gasteiger partial charge in [-0.25, -0.2) is 17.9 Å². The average molecular weight is 399 g/mol. The van der Waals surface area contributed by atoms with Gasteiger partial charge in [-0.15, -0.1) is 0 Å². The maximum Gasteiger partial charge on any atom is 0.335 e. The van der Waals surface area contributed by atoms with Crippen LogP contribution in [-0.2, 0) is 21.1 Å². The summed E-state index contributed by atoms with van der Waals surface area (Å²) in [5.74, 6) is -1.58. The van der Waals surface area contributed by atoms with Crippen LogP contribution in [0, 0.1) is 0 Å². The van der Waals surface area contributed by atoms with Crippen LogP contribution >= 0.6 is 0 Å². The van der Waals surface area contributed by atoms with Gasteiger partial charge in [0.1, 0.15) is 0 Å². The van der Waals surface area contributed by atoms with E-state index in [9.17, 15) is 18.0 Å². The summed E-state index contributed by atoms with van der Waals surface area (Å²) in [7, 11) is -3.33. The van der Waals surface area contributed by atoms with Crippen LogP contribution in [0.4, 0.5) is 0 Å². The maximum absolute atomic E-state index is 11.7. The summed E-state index contributed by atoms with van der Waals surface area (Å²) in [6.07, 6.45) is 1.07. The molecule has 0 aliphatic rings. The standard InChI is InChI=1S/C19H17N3O5S/c1-28(26,27)16-8-4-12(5-9-16)17-10-14(11-18(20)23)21-22(17)15-6-2-13(3-7-15)19(24)25/h2-10H,11H2,1H3,(H2,20,23)(H,24,25). The molecule has 1 heterocycles. The van der Waals surface area contributed by atoms with E-state index in [1.807, 2.05) is 0 Å². The van der Waals surface area contributed by atoms with Crippen LogP contribution in [-0.4, -0.2) is 41.4 Å². The van der Waals surface area contributed by atoms with Crippen molar-refractivity contribution in [1.82, 2.24) is 9.78 Å². The van der Waals surface area contributed by atoms with E-state index in [0.717, 1.165) is 6.26 Å². The molecule has 0 unspecified atom stereocenters. The molecule has 9 heteroatoms. The van der Waals surface area contributed by atoms with Gasteiger partial charge < -0.3 is 10.8 Å². The molecule has 1 amide bonds. The van der Waals surface area contributed by atoms with Crippen molar-refractivity contribution < 1.29 is 23.1 Å². The number of sulfone groups is 1. The zero-order valence-corrected chi connectivity index (χ0v) is 15.7. The highest BCUT2D eigenvalue weighted by atomic mass is 32.2. The fourth-order valence-corrected chi connectivity index (χ4v) is 3.35. The number of carboxylic acid groups (broad SMARTS) is 1. The van der Waals surface area contributed by atoms with Gasteiger partial charge in [-0.05, 0) is 42.5 Å². The highest BCUT2D eigenvalue weighted by Crippen LogP contribution is 2.26. The SMILES string of the molecule is CS(=O)(=O)c1ccc(-c2cc(CC(N)=O)nn2-c2ccc(C(=O)O)cc2)cc1. The van der Waals surface area contributed by atoms with Crippen molar-refractivity contribution in [3.8, 4) is 16.9 Å². The van der Waals surface area contributed by atoms with Crippen LogP contribution in [0.3, 0.4) is 0 Å². The van der Waals surface area contributed by atoms with Crippen LogP contribution in [0.5, 0.6) is 0 Å². The maximum atomic E-state index is 11.7. The zero-order chi connectivity index (χ0) is 20.5. The Morgan fingerprint density at radius 1 is 1.07 bits per heavy atom. The number of aromatic nitrogens is 2. The number of hydrogen-bond acceptors (Lipinski definition) is 5. The number of aromatic carboxylic acids is 1. The number of nitrogens with zero attached hydrogens (tertiary/aromatic N) is 2. The Morgan fingerprint density at radius 2 is 1.68 bits per heavy atom. The molecule has 1 aromatic heterocycles. The number of hydrogen-bond donors (Lipinski definition) is 2. The van der Waals surface area contributed by atoms with Gasteiger partial charge in [0.25, 0.3) is 0 Å². The van der Waals surface area contributed by atoms with Crippen LogP contribution in [0.25, 0.3) is 16.9 Å². The van der Waals surface area contributed by atoms with Crippen molar-refractivity contribution in [2.75, 3.05) is 6.26 Å². The summed E-state index contributed by atoms with van der Waals surface area (Å²) >= 11 is 0. The molecule has 0 spiro atoms. The summed E-state index contributed by atoms with van der Waals surface area (Å²) in [4.78, 5) is 22.5. The molecular formula is C19H17N3O5S. The number of carbonyl (C=O) groups excluding carboxylic acids is 1. The smallest absolute Gasteiger partial charge is 0.335 e. The third-order valence-electron chi connectivity index (χ3n) is 4.05. The molecule has 3 N–H and O–H groups in total. The lowest BCUT2D eigenvalue weighted by Gasteiger charge is -2.09. The number of primary amides is 1. The second-order valence-electron chi connectivity index (χ2n) is 6.22. The summed E-state index contributed by atoms with van der Waals surface area (Å²) in [5.41, 5.74) is 7.71. The first-order valence-corrected chi connectivity index (χ1v) is 10.1. The van der Waals surface area contributed by atoms with Gasteiger partial charge in [0.05, 0.1) is 34.0 Å². The molecule has 3 aromatic rings. The average Bonchev–Trinajstić information content (AvgIpc) is 3.04. The third-order valence-corrected chi connectivity index (χ3v) is 5.18. The first-order valence-electron chi connectivity index (χ1n) is 8.16. The van der Waals surface area contributed by atoms with E-state index in [-0.39, 0.29) is 16.9 Å². The highest BCUT2D eigenvalue weighted by Gasteiger charge is 2.15. The Hall–Kier alpha value is -3.46. The number of carboxylic acids is 1.